The molecule has 0 aromatic carbocycles. The summed E-state index contributed by atoms with van der Waals surface area (Å²) in [6, 6.07) is 1.29. The second-order valence-electron chi connectivity index (χ2n) is 3.48. The van der Waals surface area contributed by atoms with Crippen LogP contribution in [0.1, 0.15) is 20.3 Å². The molecule has 1 atom stereocenters. The lowest BCUT2D eigenvalue weighted by molar-refractivity contribution is -0.152. The van der Waals surface area contributed by atoms with E-state index in [0.29, 0.717) is 0 Å². The summed E-state index contributed by atoms with van der Waals surface area (Å²) in [4.78, 5) is 27.0. The van der Waals surface area contributed by atoms with E-state index < -0.39 is 11.9 Å². The molecular formula is C9H12N4O3. The molecule has 0 aromatic heterocycles. The Kier molecular flexibility index (Phi) is 3.83. The summed E-state index contributed by atoms with van der Waals surface area (Å²) in [5.74, 6) is -0.896. The molecule has 1 aliphatic heterocycles. The monoisotopic (exact) mass is 224 g/mol. The number of rotatable bonds is 4. The van der Waals surface area contributed by atoms with E-state index >= 15 is 0 Å². The smallest absolute Gasteiger partial charge is 0.284 e. The van der Waals surface area contributed by atoms with Gasteiger partial charge in [-0.2, -0.15) is 5.26 Å². The first-order valence-corrected chi connectivity index (χ1v) is 4.76. The predicted octanol–water partition coefficient (Wildman–Crippen LogP) is -0.447. The highest BCUT2D eigenvalue weighted by Gasteiger charge is 2.37. The van der Waals surface area contributed by atoms with Gasteiger partial charge in [0, 0.05) is 0 Å². The van der Waals surface area contributed by atoms with Gasteiger partial charge in [0.05, 0.1) is 12.5 Å². The lowest BCUT2D eigenvalue weighted by atomic mass is 10.1. The number of hydrogen-bond acceptors (Lipinski definition) is 5. The normalized spacial score (nSPS) is 19.5. The minimum absolute atomic E-state index is 0.124. The molecule has 0 aliphatic carbocycles. The Labute approximate surface area is 92.6 Å². The molecule has 1 fully saturated rings. The Morgan fingerprint density at radius 3 is 3.00 bits per heavy atom. The van der Waals surface area contributed by atoms with E-state index in [9.17, 15) is 9.59 Å². The lowest BCUT2D eigenvalue weighted by Gasteiger charge is -2.34. The van der Waals surface area contributed by atoms with Gasteiger partial charge in [-0.05, 0) is 13.8 Å². The van der Waals surface area contributed by atoms with Crippen molar-refractivity contribution >= 4 is 18.0 Å². The molecule has 7 heteroatoms. The third-order valence-electron chi connectivity index (χ3n) is 1.77. The van der Waals surface area contributed by atoms with Crippen molar-refractivity contribution in [2.45, 2.75) is 32.4 Å². The van der Waals surface area contributed by atoms with Crippen molar-refractivity contribution in [1.29, 1.82) is 5.26 Å². The van der Waals surface area contributed by atoms with E-state index in [0.717, 1.165) is 11.2 Å². The fraction of sp³-hybridized carbons (Fsp3) is 0.556. The van der Waals surface area contributed by atoms with Crippen molar-refractivity contribution < 1.29 is 14.4 Å². The number of β-lactam (4-membered cyclic amide) rings is 1. The Hall–Kier alpha value is -2.10. The molecule has 1 N–H and O–H groups in total. The van der Waals surface area contributed by atoms with Gasteiger partial charge in [0.25, 0.3) is 5.91 Å². The molecule has 0 saturated carbocycles. The average molecular weight is 224 g/mol. The van der Waals surface area contributed by atoms with Gasteiger partial charge >= 0.3 is 0 Å². The molecule has 7 nitrogen and oxygen atoms in total. The maximum atomic E-state index is 11.2. The van der Waals surface area contributed by atoms with E-state index in [1.54, 1.807) is 13.8 Å². The molecule has 1 heterocycles. The topological polar surface area (TPSA) is 94.8 Å². The van der Waals surface area contributed by atoms with Crippen molar-refractivity contribution in [3.8, 4) is 6.07 Å². The molecule has 0 bridgehead atoms. The van der Waals surface area contributed by atoms with Crippen LogP contribution in [0.25, 0.3) is 0 Å². The summed E-state index contributed by atoms with van der Waals surface area (Å²) in [7, 11) is 0. The molecule has 16 heavy (non-hydrogen) atoms. The first kappa shape index (κ1) is 12.0. The summed E-state index contributed by atoms with van der Waals surface area (Å²) in [5, 5.41) is 13.0. The molecule has 1 rings (SSSR count). The number of hydrazine groups is 1. The number of nitrogens with zero attached hydrogens (tertiary/aromatic N) is 3. The number of nitrogens with one attached hydrogen (secondary N) is 1. The first-order valence-electron chi connectivity index (χ1n) is 4.76. The Morgan fingerprint density at radius 1 is 1.81 bits per heavy atom. The van der Waals surface area contributed by atoms with Gasteiger partial charge in [-0.25, -0.2) is 5.01 Å². The van der Waals surface area contributed by atoms with Crippen LogP contribution in [0.5, 0.6) is 0 Å². The van der Waals surface area contributed by atoms with E-state index in [4.69, 9.17) is 10.1 Å². The van der Waals surface area contributed by atoms with Gasteiger partial charge in [-0.15, -0.1) is 0 Å². The van der Waals surface area contributed by atoms with Gasteiger partial charge in [0.1, 0.15) is 18.4 Å². The fourth-order valence-corrected chi connectivity index (χ4v) is 1.01. The molecule has 1 unspecified atom stereocenters. The van der Waals surface area contributed by atoms with Gasteiger partial charge in [-0.1, -0.05) is 5.16 Å². The van der Waals surface area contributed by atoms with Gasteiger partial charge in [0.15, 0.2) is 0 Å². The number of hydrogen-bond donors (Lipinski definition) is 1. The molecule has 86 valence electrons. The van der Waals surface area contributed by atoms with Crippen LogP contribution >= 0.6 is 0 Å². The van der Waals surface area contributed by atoms with Crippen molar-refractivity contribution in [3.05, 3.63) is 0 Å². The SMILES string of the molecule is CC(C)ON=CC(=O)NN1C(=O)CC1C#N. The minimum Gasteiger partial charge on any atom is -0.393 e. The standard InChI is InChI=1S/C9H12N4O3/c1-6(2)16-11-5-8(14)12-13-7(4-10)3-9(13)15/h5-7H,3H2,1-2H3,(H,12,14). The van der Waals surface area contributed by atoms with E-state index in [1.807, 2.05) is 6.07 Å². The largest absolute Gasteiger partial charge is 0.393 e. The van der Waals surface area contributed by atoms with E-state index in [1.165, 1.54) is 0 Å². The zero-order chi connectivity index (χ0) is 12.1. The van der Waals surface area contributed by atoms with E-state index in [-0.39, 0.29) is 18.4 Å². The van der Waals surface area contributed by atoms with Gasteiger partial charge in [-0.3, -0.25) is 15.0 Å². The fourth-order valence-electron chi connectivity index (χ4n) is 1.01. The lowest BCUT2D eigenvalue weighted by Crippen LogP contribution is -2.60. The van der Waals surface area contributed by atoms with Crippen molar-refractivity contribution in [2.75, 3.05) is 0 Å². The van der Waals surface area contributed by atoms with Crippen LogP contribution in [0.15, 0.2) is 5.16 Å². The quantitative estimate of drug-likeness (QED) is 0.397. The third-order valence-corrected chi connectivity index (χ3v) is 1.77. The summed E-state index contributed by atoms with van der Waals surface area (Å²) < 4.78 is 0. The summed E-state index contributed by atoms with van der Waals surface area (Å²) in [5.41, 5.74) is 2.23. The van der Waals surface area contributed by atoms with Crippen LogP contribution in [-0.2, 0) is 14.4 Å². The average Bonchev–Trinajstić information content (AvgIpc) is 2.22. The number of oxime groups is 1. The zero-order valence-corrected chi connectivity index (χ0v) is 9.01. The third kappa shape index (κ3) is 2.95. The van der Waals surface area contributed by atoms with E-state index in [2.05, 4.69) is 10.6 Å². The van der Waals surface area contributed by atoms with Crippen LogP contribution in [0.2, 0.25) is 0 Å². The number of carbonyl (C=O) groups is 2. The molecule has 1 saturated heterocycles. The van der Waals surface area contributed by atoms with Gasteiger partial charge < -0.3 is 4.84 Å². The molecule has 0 radical (unpaired) electrons. The number of carbonyl (C=O) groups excluding carboxylic acids is 2. The Balaban J connectivity index is 2.37. The van der Waals surface area contributed by atoms with Crippen molar-refractivity contribution in [1.82, 2.24) is 10.4 Å². The molecule has 1 aliphatic rings. The van der Waals surface area contributed by atoms with Crippen LogP contribution in [0.4, 0.5) is 0 Å². The van der Waals surface area contributed by atoms with Crippen molar-refractivity contribution in [2.24, 2.45) is 5.16 Å². The minimum atomic E-state index is -0.603. The number of amides is 2. The highest BCUT2D eigenvalue weighted by atomic mass is 16.6. The molecule has 0 aromatic rings. The second kappa shape index (κ2) is 5.11. The highest BCUT2D eigenvalue weighted by Crippen LogP contribution is 2.14. The maximum absolute atomic E-state index is 11.2. The van der Waals surface area contributed by atoms with Gasteiger partial charge in [0.2, 0.25) is 5.91 Å². The predicted molar refractivity (Wildman–Crippen MR) is 53.7 cm³/mol. The summed E-state index contributed by atoms with van der Waals surface area (Å²) in [6.45, 7) is 3.53. The number of nitriles is 1. The highest BCUT2D eigenvalue weighted by molar-refractivity contribution is 6.26. The molecule has 0 spiro atoms. The summed E-state index contributed by atoms with van der Waals surface area (Å²) in [6.07, 6.45) is 0.928. The maximum Gasteiger partial charge on any atom is 0.284 e. The van der Waals surface area contributed by atoms with Crippen LogP contribution in [0, 0.1) is 11.3 Å². The Morgan fingerprint density at radius 2 is 2.50 bits per heavy atom. The molecule has 2 amide bonds. The summed E-state index contributed by atoms with van der Waals surface area (Å²) >= 11 is 0. The van der Waals surface area contributed by atoms with Crippen LogP contribution < -0.4 is 5.43 Å². The zero-order valence-electron chi connectivity index (χ0n) is 9.01. The van der Waals surface area contributed by atoms with Crippen LogP contribution in [0.3, 0.4) is 0 Å². The molecular weight excluding hydrogens is 212 g/mol. The Bertz CT molecular complexity index is 358. The van der Waals surface area contributed by atoms with Crippen molar-refractivity contribution in [3.63, 3.8) is 0 Å². The van der Waals surface area contributed by atoms with Crippen LogP contribution in [-0.4, -0.2) is 35.2 Å². The second-order valence-corrected chi connectivity index (χ2v) is 3.48. The first-order chi connectivity index (χ1) is 7.54.